The molecule has 8 nitrogen and oxygen atoms in total. The van der Waals surface area contributed by atoms with Crippen LogP contribution in [0.3, 0.4) is 0 Å². The number of aromatic nitrogens is 1. The molecule has 2 aromatic carbocycles. The largest absolute Gasteiger partial charge is 0.450 e. The van der Waals surface area contributed by atoms with Crippen LogP contribution < -0.4 is 5.32 Å². The van der Waals surface area contributed by atoms with Crippen molar-refractivity contribution in [2.75, 3.05) is 26.2 Å². The third kappa shape index (κ3) is 4.24. The second kappa shape index (κ2) is 9.44. The summed E-state index contributed by atoms with van der Waals surface area (Å²) in [5.74, 6) is -0.328. The van der Waals surface area contributed by atoms with Crippen LogP contribution in [0.1, 0.15) is 53.0 Å². The molecular formula is C27H30N4O4. The van der Waals surface area contributed by atoms with Gasteiger partial charge in [-0.2, -0.15) is 0 Å². The first-order valence-corrected chi connectivity index (χ1v) is 12.2. The van der Waals surface area contributed by atoms with Gasteiger partial charge in [-0.3, -0.25) is 9.59 Å². The van der Waals surface area contributed by atoms with Crippen molar-refractivity contribution in [1.29, 1.82) is 0 Å². The summed E-state index contributed by atoms with van der Waals surface area (Å²) in [6.07, 6.45) is 1.00. The molecule has 0 bridgehead atoms. The van der Waals surface area contributed by atoms with E-state index in [2.05, 4.69) is 16.4 Å². The van der Waals surface area contributed by atoms with E-state index in [9.17, 15) is 14.4 Å². The Morgan fingerprint density at radius 2 is 1.80 bits per heavy atom. The molecule has 2 aliphatic rings. The number of aryl methyl sites for hydroxylation is 1. The van der Waals surface area contributed by atoms with Crippen molar-refractivity contribution in [3.8, 4) is 0 Å². The summed E-state index contributed by atoms with van der Waals surface area (Å²) in [4.78, 5) is 45.3. The maximum absolute atomic E-state index is 13.4. The number of likely N-dealkylation sites (tertiary alicyclic amines) is 1. The lowest BCUT2D eigenvalue weighted by atomic mass is 9.95. The summed E-state index contributed by atoms with van der Waals surface area (Å²) in [5, 5.41) is 4.13. The number of H-pyrrole nitrogens is 1. The fourth-order valence-electron chi connectivity index (χ4n) is 5.34. The molecule has 35 heavy (non-hydrogen) atoms. The van der Waals surface area contributed by atoms with Gasteiger partial charge < -0.3 is 24.8 Å². The van der Waals surface area contributed by atoms with Crippen molar-refractivity contribution in [1.82, 2.24) is 20.1 Å². The van der Waals surface area contributed by atoms with Crippen molar-refractivity contribution >= 4 is 28.8 Å². The van der Waals surface area contributed by atoms with Crippen molar-refractivity contribution in [3.05, 3.63) is 70.9 Å². The number of nitrogens with one attached hydrogen (secondary N) is 2. The van der Waals surface area contributed by atoms with Gasteiger partial charge in [-0.1, -0.05) is 36.4 Å². The summed E-state index contributed by atoms with van der Waals surface area (Å²) < 4.78 is 5.07. The normalized spacial score (nSPS) is 18.1. The molecule has 3 aromatic rings. The van der Waals surface area contributed by atoms with Gasteiger partial charge in [0.05, 0.1) is 12.6 Å². The summed E-state index contributed by atoms with van der Waals surface area (Å²) in [5.41, 5.74) is 4.57. The van der Waals surface area contributed by atoms with Crippen LogP contribution in [0.2, 0.25) is 0 Å². The summed E-state index contributed by atoms with van der Waals surface area (Å²) in [7, 11) is 0. The number of amides is 3. The Labute approximate surface area is 204 Å². The fourth-order valence-corrected chi connectivity index (χ4v) is 5.34. The zero-order valence-electron chi connectivity index (χ0n) is 20.0. The van der Waals surface area contributed by atoms with Gasteiger partial charge in [0.15, 0.2) is 0 Å². The second-order valence-corrected chi connectivity index (χ2v) is 9.16. The Morgan fingerprint density at radius 3 is 2.57 bits per heavy atom. The minimum atomic E-state index is -0.341. The summed E-state index contributed by atoms with van der Waals surface area (Å²) in [6.45, 7) is 5.18. The lowest BCUT2D eigenvalue weighted by Crippen LogP contribution is -2.49. The number of carbonyl (C=O) groups is 3. The molecule has 0 spiro atoms. The highest BCUT2D eigenvalue weighted by Gasteiger charge is 2.40. The van der Waals surface area contributed by atoms with Crippen LogP contribution in [-0.4, -0.2) is 65.0 Å². The average Bonchev–Trinajstić information content (AvgIpc) is 3.32. The zero-order chi connectivity index (χ0) is 24.5. The number of benzene rings is 2. The van der Waals surface area contributed by atoms with E-state index in [1.807, 2.05) is 49.4 Å². The van der Waals surface area contributed by atoms with E-state index in [4.69, 9.17) is 4.74 Å². The quantitative estimate of drug-likeness (QED) is 0.589. The first-order chi connectivity index (χ1) is 17.0. The molecule has 1 aromatic heterocycles. The molecule has 1 saturated heterocycles. The van der Waals surface area contributed by atoms with E-state index in [0.29, 0.717) is 38.1 Å². The Morgan fingerprint density at radius 1 is 1.09 bits per heavy atom. The highest BCUT2D eigenvalue weighted by atomic mass is 16.6. The molecule has 0 radical (unpaired) electrons. The Hall–Kier alpha value is -3.81. The zero-order valence-corrected chi connectivity index (χ0v) is 20.0. The number of piperidine rings is 1. The van der Waals surface area contributed by atoms with Crippen LogP contribution >= 0.6 is 0 Å². The fraction of sp³-hybridized carbons (Fsp3) is 0.370. The lowest BCUT2D eigenvalue weighted by molar-refractivity contribution is -0.123. The lowest BCUT2D eigenvalue weighted by Gasteiger charge is -2.32. The van der Waals surface area contributed by atoms with Crippen molar-refractivity contribution in [2.24, 2.45) is 0 Å². The van der Waals surface area contributed by atoms with Crippen LogP contribution in [0.25, 0.3) is 10.9 Å². The summed E-state index contributed by atoms with van der Waals surface area (Å²) >= 11 is 0. The van der Waals surface area contributed by atoms with E-state index in [1.54, 1.807) is 16.7 Å². The third-order valence-electron chi connectivity index (χ3n) is 6.98. The van der Waals surface area contributed by atoms with E-state index in [0.717, 1.165) is 27.7 Å². The van der Waals surface area contributed by atoms with Crippen molar-refractivity contribution in [2.45, 2.75) is 38.8 Å². The van der Waals surface area contributed by atoms with Gasteiger partial charge in [-0.25, -0.2) is 4.79 Å². The van der Waals surface area contributed by atoms with Crippen molar-refractivity contribution in [3.63, 3.8) is 0 Å². The highest BCUT2D eigenvalue weighted by Crippen LogP contribution is 2.42. The predicted molar refractivity (Wildman–Crippen MR) is 132 cm³/mol. The third-order valence-corrected chi connectivity index (χ3v) is 6.98. The van der Waals surface area contributed by atoms with Gasteiger partial charge in [0, 0.05) is 46.9 Å². The van der Waals surface area contributed by atoms with Crippen LogP contribution in [0.4, 0.5) is 4.79 Å². The number of hydrogen-bond acceptors (Lipinski definition) is 4. The van der Waals surface area contributed by atoms with E-state index >= 15 is 0 Å². The molecule has 1 atom stereocenters. The monoisotopic (exact) mass is 474 g/mol. The van der Waals surface area contributed by atoms with Gasteiger partial charge in [0.25, 0.3) is 5.91 Å². The minimum Gasteiger partial charge on any atom is -0.450 e. The molecule has 0 saturated carbocycles. The van der Waals surface area contributed by atoms with Crippen LogP contribution in [0.15, 0.2) is 48.5 Å². The summed E-state index contributed by atoms with van der Waals surface area (Å²) in [6, 6.07) is 15.3. The molecule has 5 rings (SSSR count). The Bertz CT molecular complexity index is 1280. The van der Waals surface area contributed by atoms with Gasteiger partial charge in [0.2, 0.25) is 5.91 Å². The van der Waals surface area contributed by atoms with E-state index in [1.165, 1.54) is 0 Å². The molecule has 182 valence electrons. The second-order valence-electron chi connectivity index (χ2n) is 9.16. The molecular weight excluding hydrogens is 444 g/mol. The molecule has 2 aliphatic heterocycles. The van der Waals surface area contributed by atoms with Crippen LogP contribution in [0, 0.1) is 6.92 Å². The number of nitrogens with zero attached hydrogens (tertiary/aromatic N) is 2. The number of ether oxygens (including phenoxy) is 1. The van der Waals surface area contributed by atoms with Gasteiger partial charge in [-0.15, -0.1) is 0 Å². The maximum atomic E-state index is 13.4. The standard InChI is InChI=1S/C27H30N4O4/c1-3-35-27(34)30-14-12-18(13-15-30)29-23(32)16-31-25(19-8-4-5-9-20(19)26(31)33)24-17(2)28-22-11-7-6-10-21(22)24/h4-11,18,25,28H,3,12-16H2,1-2H3,(H,29,32)/t25-/m1/s1. The first kappa shape index (κ1) is 23.0. The van der Waals surface area contributed by atoms with Gasteiger partial charge in [0.1, 0.15) is 6.54 Å². The van der Waals surface area contributed by atoms with E-state index in [-0.39, 0.29) is 36.5 Å². The van der Waals surface area contributed by atoms with E-state index < -0.39 is 0 Å². The van der Waals surface area contributed by atoms with Crippen molar-refractivity contribution < 1.29 is 19.1 Å². The number of rotatable bonds is 5. The first-order valence-electron chi connectivity index (χ1n) is 12.2. The average molecular weight is 475 g/mol. The minimum absolute atomic E-state index is 0.0325. The molecule has 0 unspecified atom stereocenters. The number of hydrogen-bond donors (Lipinski definition) is 2. The number of carbonyl (C=O) groups excluding carboxylic acids is 3. The highest BCUT2D eigenvalue weighted by molar-refractivity contribution is 6.02. The molecule has 2 N–H and O–H groups in total. The molecule has 8 heteroatoms. The van der Waals surface area contributed by atoms with Crippen LogP contribution in [-0.2, 0) is 9.53 Å². The number of aromatic amines is 1. The predicted octanol–water partition coefficient (Wildman–Crippen LogP) is 3.76. The van der Waals surface area contributed by atoms with Gasteiger partial charge in [-0.05, 0) is 44.4 Å². The maximum Gasteiger partial charge on any atom is 0.409 e. The topological polar surface area (TPSA) is 94.7 Å². The van der Waals surface area contributed by atoms with Gasteiger partial charge >= 0.3 is 6.09 Å². The molecule has 3 heterocycles. The smallest absolute Gasteiger partial charge is 0.409 e. The van der Waals surface area contributed by atoms with Crippen LogP contribution in [0.5, 0.6) is 0 Å². The molecule has 1 fully saturated rings. The SMILES string of the molecule is CCOC(=O)N1CCC(NC(=O)CN2C(=O)c3ccccc3[C@@H]2c2c(C)[nH]c3ccccc23)CC1. The Kier molecular flexibility index (Phi) is 6.19. The molecule has 3 amide bonds. The molecule has 0 aliphatic carbocycles. The Balaban J connectivity index is 1.35. The number of fused-ring (bicyclic) bond motifs is 2. The number of para-hydroxylation sites is 1.